The summed E-state index contributed by atoms with van der Waals surface area (Å²) in [5, 5.41) is 2.74. The lowest BCUT2D eigenvalue weighted by molar-refractivity contribution is -0.124. The van der Waals surface area contributed by atoms with E-state index in [4.69, 9.17) is 10.5 Å². The van der Waals surface area contributed by atoms with E-state index < -0.39 is 15.6 Å². The summed E-state index contributed by atoms with van der Waals surface area (Å²) in [6, 6.07) is 5.82. The highest BCUT2D eigenvalue weighted by atomic mass is 35.5. The van der Waals surface area contributed by atoms with Crippen LogP contribution in [0.5, 0.6) is 0 Å². The normalized spacial score (nSPS) is 17.2. The topological polar surface area (TPSA) is 111 Å². The van der Waals surface area contributed by atoms with Crippen LogP contribution < -0.4 is 15.8 Å². The van der Waals surface area contributed by atoms with Gasteiger partial charge in [0, 0.05) is 24.9 Å². The van der Waals surface area contributed by atoms with E-state index in [9.17, 15) is 13.2 Å². The molecule has 1 amide bonds. The molecule has 2 rings (SSSR count). The first-order valence-electron chi connectivity index (χ1n) is 7.53. The van der Waals surface area contributed by atoms with Crippen molar-refractivity contribution in [3.05, 3.63) is 24.3 Å². The van der Waals surface area contributed by atoms with Crippen molar-refractivity contribution in [2.75, 3.05) is 18.5 Å². The zero-order chi connectivity index (χ0) is 17.1. The number of rotatable bonds is 5. The first-order chi connectivity index (χ1) is 10.7. The van der Waals surface area contributed by atoms with Gasteiger partial charge in [0.1, 0.15) is 5.54 Å². The fourth-order valence-corrected chi connectivity index (χ4v) is 3.57. The van der Waals surface area contributed by atoms with Crippen molar-refractivity contribution in [1.29, 1.82) is 0 Å². The maximum atomic E-state index is 12.3. The number of carbonyl (C=O) groups excluding carboxylic acids is 1. The van der Waals surface area contributed by atoms with Gasteiger partial charge in [0.15, 0.2) is 0 Å². The number of hydrogen-bond donors (Lipinski definition) is 3. The summed E-state index contributed by atoms with van der Waals surface area (Å²) >= 11 is 0. The molecule has 9 heteroatoms. The van der Waals surface area contributed by atoms with E-state index in [1.165, 1.54) is 12.1 Å². The number of carbonyl (C=O) groups is 1. The molecule has 0 bridgehead atoms. The summed E-state index contributed by atoms with van der Waals surface area (Å²) in [6.07, 6.45) is 0.924. The number of anilines is 1. The fourth-order valence-electron chi connectivity index (χ4n) is 2.31. The molecule has 136 valence electrons. The summed E-state index contributed by atoms with van der Waals surface area (Å²) in [5.74, 6) is -0.281. The van der Waals surface area contributed by atoms with Gasteiger partial charge in [0.25, 0.3) is 0 Å². The molecule has 7 nitrogen and oxygen atoms in total. The van der Waals surface area contributed by atoms with Crippen LogP contribution in [0.1, 0.15) is 26.7 Å². The molecule has 1 fully saturated rings. The van der Waals surface area contributed by atoms with Crippen molar-refractivity contribution in [2.45, 2.75) is 43.2 Å². The molecule has 1 aromatic rings. The lowest BCUT2D eigenvalue weighted by atomic mass is 9.90. The Labute approximate surface area is 148 Å². The van der Waals surface area contributed by atoms with Gasteiger partial charge in [-0.2, -0.15) is 0 Å². The Balaban J connectivity index is 0.00000288. The molecule has 1 aromatic carbocycles. The fraction of sp³-hybridized carbons (Fsp3) is 0.533. The van der Waals surface area contributed by atoms with E-state index in [0.29, 0.717) is 31.7 Å². The summed E-state index contributed by atoms with van der Waals surface area (Å²) < 4.78 is 31.8. The van der Waals surface area contributed by atoms with Gasteiger partial charge in [0.05, 0.1) is 4.90 Å². The van der Waals surface area contributed by atoms with Crippen molar-refractivity contribution in [3.8, 4) is 0 Å². The van der Waals surface area contributed by atoms with Gasteiger partial charge >= 0.3 is 0 Å². The number of ether oxygens (including phenoxy) is 1. The van der Waals surface area contributed by atoms with Crippen LogP contribution in [-0.2, 0) is 19.6 Å². The van der Waals surface area contributed by atoms with Gasteiger partial charge in [-0.05, 0) is 51.0 Å². The minimum absolute atomic E-state index is 0. The van der Waals surface area contributed by atoms with Crippen LogP contribution in [0.15, 0.2) is 29.2 Å². The van der Waals surface area contributed by atoms with Crippen LogP contribution in [0.3, 0.4) is 0 Å². The Morgan fingerprint density at radius 3 is 2.25 bits per heavy atom. The molecule has 0 atom stereocenters. The van der Waals surface area contributed by atoms with E-state index in [2.05, 4.69) is 10.0 Å². The molecule has 0 unspecified atom stereocenters. The Morgan fingerprint density at radius 1 is 1.21 bits per heavy atom. The van der Waals surface area contributed by atoms with E-state index in [1.54, 1.807) is 26.0 Å². The first kappa shape index (κ1) is 20.9. The molecular weight excluding hydrogens is 354 g/mol. The summed E-state index contributed by atoms with van der Waals surface area (Å²) in [5.41, 5.74) is 5.67. The Bertz CT molecular complexity index is 656. The summed E-state index contributed by atoms with van der Waals surface area (Å²) in [4.78, 5) is 12.4. The van der Waals surface area contributed by atoms with Gasteiger partial charge in [-0.1, -0.05) is 0 Å². The molecule has 1 aliphatic heterocycles. The van der Waals surface area contributed by atoms with E-state index in [0.717, 1.165) is 0 Å². The second-order valence-electron chi connectivity index (χ2n) is 6.02. The van der Waals surface area contributed by atoms with Crippen molar-refractivity contribution in [3.63, 3.8) is 0 Å². The van der Waals surface area contributed by atoms with Crippen LogP contribution >= 0.6 is 12.4 Å². The second kappa shape index (κ2) is 8.26. The summed E-state index contributed by atoms with van der Waals surface area (Å²) in [7, 11) is -3.54. The first-order valence-corrected chi connectivity index (χ1v) is 9.02. The lowest BCUT2D eigenvalue weighted by Gasteiger charge is -2.31. The zero-order valence-electron chi connectivity index (χ0n) is 13.7. The quantitative estimate of drug-likeness (QED) is 0.715. The van der Waals surface area contributed by atoms with Crippen LogP contribution in [0.25, 0.3) is 0 Å². The highest BCUT2D eigenvalue weighted by Gasteiger charge is 2.35. The Hall–Kier alpha value is -1.19. The molecule has 0 radical (unpaired) electrons. The minimum Gasteiger partial charge on any atom is -0.381 e. The zero-order valence-corrected chi connectivity index (χ0v) is 15.4. The number of nitrogens with one attached hydrogen (secondary N) is 2. The molecule has 0 saturated carbocycles. The van der Waals surface area contributed by atoms with Gasteiger partial charge in [0.2, 0.25) is 15.9 Å². The number of benzene rings is 1. The maximum Gasteiger partial charge on any atom is 0.244 e. The molecule has 0 spiro atoms. The molecule has 4 N–H and O–H groups in total. The van der Waals surface area contributed by atoms with Gasteiger partial charge < -0.3 is 15.8 Å². The number of amides is 1. The maximum absolute atomic E-state index is 12.3. The van der Waals surface area contributed by atoms with Gasteiger partial charge in [-0.15, -0.1) is 12.4 Å². The third-order valence-electron chi connectivity index (χ3n) is 3.65. The largest absolute Gasteiger partial charge is 0.381 e. The molecule has 0 aliphatic carbocycles. The predicted molar refractivity (Wildman–Crippen MR) is 94.7 cm³/mol. The van der Waals surface area contributed by atoms with Gasteiger partial charge in [-0.25, -0.2) is 13.1 Å². The number of nitrogens with two attached hydrogens (primary N) is 1. The smallest absolute Gasteiger partial charge is 0.244 e. The summed E-state index contributed by atoms with van der Waals surface area (Å²) in [6.45, 7) is 4.42. The molecule has 1 saturated heterocycles. The Morgan fingerprint density at radius 2 is 1.75 bits per heavy atom. The van der Waals surface area contributed by atoms with Crippen molar-refractivity contribution in [1.82, 2.24) is 4.72 Å². The molecule has 1 heterocycles. The molecule has 1 aliphatic rings. The van der Waals surface area contributed by atoms with Gasteiger partial charge in [-0.3, -0.25) is 4.79 Å². The van der Waals surface area contributed by atoms with Crippen LogP contribution in [0, 0.1) is 0 Å². The van der Waals surface area contributed by atoms with Crippen LogP contribution in [0.2, 0.25) is 0 Å². The lowest BCUT2D eigenvalue weighted by Crippen LogP contribution is -2.54. The van der Waals surface area contributed by atoms with Crippen molar-refractivity contribution in [2.24, 2.45) is 5.73 Å². The van der Waals surface area contributed by atoms with Crippen molar-refractivity contribution < 1.29 is 17.9 Å². The standard InChI is InChI=1S/C15H23N3O4S.ClH/c1-11(2)18-23(20,21)13-5-3-12(4-6-13)17-14(19)15(16)7-9-22-10-8-15;/h3-6,11,18H,7-10,16H2,1-2H3,(H,17,19);1H. The van der Waals surface area contributed by atoms with E-state index in [-0.39, 0.29) is 29.3 Å². The average molecular weight is 378 g/mol. The van der Waals surface area contributed by atoms with E-state index >= 15 is 0 Å². The molecular formula is C15H24ClN3O4S. The Kier molecular flexibility index (Phi) is 7.18. The number of halogens is 1. The third-order valence-corrected chi connectivity index (χ3v) is 5.33. The van der Waals surface area contributed by atoms with E-state index in [1.807, 2.05) is 0 Å². The van der Waals surface area contributed by atoms with Crippen LogP contribution in [-0.4, -0.2) is 39.1 Å². The predicted octanol–water partition coefficient (Wildman–Crippen LogP) is 1.24. The number of sulfonamides is 1. The monoisotopic (exact) mass is 377 g/mol. The third kappa shape index (κ3) is 5.15. The van der Waals surface area contributed by atoms with Crippen molar-refractivity contribution >= 4 is 34.0 Å². The van der Waals surface area contributed by atoms with Crippen LogP contribution in [0.4, 0.5) is 5.69 Å². The average Bonchev–Trinajstić information content (AvgIpc) is 2.47. The second-order valence-corrected chi connectivity index (χ2v) is 7.74. The SMILES string of the molecule is CC(C)NS(=O)(=O)c1ccc(NC(=O)C2(N)CCOCC2)cc1.Cl. The highest BCUT2D eigenvalue weighted by molar-refractivity contribution is 7.89. The molecule has 24 heavy (non-hydrogen) atoms. The molecule has 0 aromatic heterocycles. The highest BCUT2D eigenvalue weighted by Crippen LogP contribution is 2.21. The number of hydrogen-bond acceptors (Lipinski definition) is 5. The minimum atomic E-state index is -3.54.